The van der Waals surface area contributed by atoms with Gasteiger partial charge in [0.05, 0.1) is 28.3 Å². The molecule has 0 aliphatic heterocycles. The normalized spacial score (nSPS) is 12.7. The van der Waals surface area contributed by atoms with Crippen LogP contribution in [-0.4, -0.2) is 34.4 Å². The Kier molecular flexibility index (Phi) is 7.94. The SMILES string of the molecule is CC(C)(O)c1cn(-c2ccc(-c3cc(F)c(CO)c(S(C)(=O)=O)c3)cc2F)c(C(C)(C)c2c(Cl)cccc2Cl)n1. The summed E-state index contributed by atoms with van der Waals surface area (Å²) < 4.78 is 56.5. The number of nitrogens with zero attached hydrogens (tertiary/aromatic N) is 2. The van der Waals surface area contributed by atoms with Gasteiger partial charge < -0.3 is 10.2 Å². The van der Waals surface area contributed by atoms with E-state index < -0.39 is 39.1 Å². The molecule has 0 atom stereocenters. The lowest BCUT2D eigenvalue weighted by atomic mass is 9.83. The third kappa shape index (κ3) is 5.53. The van der Waals surface area contributed by atoms with Gasteiger partial charge in [-0.1, -0.05) is 35.3 Å². The highest BCUT2D eigenvalue weighted by Gasteiger charge is 2.36. The number of imidazole rings is 1. The fourth-order valence-electron chi connectivity index (χ4n) is 4.65. The van der Waals surface area contributed by atoms with Crippen LogP contribution in [0.5, 0.6) is 0 Å². The second kappa shape index (κ2) is 10.5. The molecule has 1 heterocycles. The minimum atomic E-state index is -3.88. The smallest absolute Gasteiger partial charge is 0.176 e. The van der Waals surface area contributed by atoms with Crippen molar-refractivity contribution in [2.75, 3.05) is 6.26 Å². The summed E-state index contributed by atoms with van der Waals surface area (Å²) >= 11 is 13.0. The Hall–Kier alpha value is -2.82. The average Bonchev–Trinajstić information content (AvgIpc) is 3.29. The zero-order valence-electron chi connectivity index (χ0n) is 22.4. The van der Waals surface area contributed by atoms with Crippen LogP contribution in [0, 0.1) is 11.6 Å². The van der Waals surface area contributed by atoms with Gasteiger partial charge in [-0.2, -0.15) is 0 Å². The molecule has 4 rings (SSSR count). The summed E-state index contributed by atoms with van der Waals surface area (Å²) in [6.07, 6.45) is 2.43. The van der Waals surface area contributed by atoms with Gasteiger partial charge in [-0.3, -0.25) is 4.57 Å². The van der Waals surface area contributed by atoms with Crippen molar-refractivity contribution in [1.82, 2.24) is 9.55 Å². The third-order valence-electron chi connectivity index (χ3n) is 6.73. The Labute approximate surface area is 241 Å². The number of aliphatic hydroxyl groups is 2. The van der Waals surface area contributed by atoms with E-state index in [-0.39, 0.29) is 33.0 Å². The second-order valence-corrected chi connectivity index (χ2v) is 13.4. The minimum Gasteiger partial charge on any atom is -0.392 e. The first-order chi connectivity index (χ1) is 18.5. The molecule has 2 N–H and O–H groups in total. The molecule has 0 aliphatic carbocycles. The van der Waals surface area contributed by atoms with E-state index in [0.29, 0.717) is 21.4 Å². The number of aliphatic hydroxyl groups excluding tert-OH is 1. The lowest BCUT2D eigenvalue weighted by molar-refractivity contribution is 0.0740. The number of halogens is 4. The summed E-state index contributed by atoms with van der Waals surface area (Å²) in [5.74, 6) is -1.29. The fourth-order valence-corrected chi connectivity index (χ4v) is 6.47. The molecule has 40 heavy (non-hydrogen) atoms. The molecule has 0 fully saturated rings. The summed E-state index contributed by atoms with van der Waals surface area (Å²) in [5, 5.41) is 21.0. The quantitative estimate of drug-likeness (QED) is 0.247. The van der Waals surface area contributed by atoms with E-state index in [1.165, 1.54) is 29.0 Å². The van der Waals surface area contributed by atoms with Crippen LogP contribution in [0.3, 0.4) is 0 Å². The number of rotatable bonds is 7. The maximum atomic E-state index is 15.8. The molecular formula is C29H28Cl2F2N2O4S. The topological polar surface area (TPSA) is 92.4 Å². The second-order valence-electron chi connectivity index (χ2n) is 10.6. The van der Waals surface area contributed by atoms with E-state index in [1.54, 1.807) is 32.0 Å². The number of aromatic nitrogens is 2. The van der Waals surface area contributed by atoms with Gasteiger partial charge in [0, 0.05) is 33.6 Å². The molecule has 3 aromatic carbocycles. The summed E-state index contributed by atoms with van der Waals surface area (Å²) in [6.45, 7) is 5.97. The summed E-state index contributed by atoms with van der Waals surface area (Å²) in [5.41, 5.74) is -1.40. The van der Waals surface area contributed by atoms with Gasteiger partial charge in [-0.25, -0.2) is 22.2 Å². The first-order valence-electron chi connectivity index (χ1n) is 12.2. The van der Waals surface area contributed by atoms with Crippen molar-refractivity contribution >= 4 is 33.0 Å². The van der Waals surface area contributed by atoms with Crippen molar-refractivity contribution in [2.45, 2.75) is 50.2 Å². The Morgan fingerprint density at radius 1 is 0.950 bits per heavy atom. The Bertz CT molecular complexity index is 1710. The van der Waals surface area contributed by atoms with E-state index in [0.717, 1.165) is 18.4 Å². The van der Waals surface area contributed by atoms with Gasteiger partial charge in [0.15, 0.2) is 9.84 Å². The molecular weight excluding hydrogens is 581 g/mol. The van der Waals surface area contributed by atoms with Crippen molar-refractivity contribution in [3.63, 3.8) is 0 Å². The highest BCUT2D eigenvalue weighted by Crippen LogP contribution is 2.42. The van der Waals surface area contributed by atoms with Crippen LogP contribution in [0.4, 0.5) is 8.78 Å². The zero-order chi connectivity index (χ0) is 29.8. The molecule has 0 saturated heterocycles. The van der Waals surface area contributed by atoms with Gasteiger partial charge >= 0.3 is 0 Å². The van der Waals surface area contributed by atoms with Gasteiger partial charge in [0.1, 0.15) is 23.1 Å². The summed E-state index contributed by atoms with van der Waals surface area (Å²) in [6, 6.07) is 11.5. The van der Waals surface area contributed by atoms with Crippen molar-refractivity contribution in [2.24, 2.45) is 0 Å². The monoisotopic (exact) mass is 608 g/mol. The van der Waals surface area contributed by atoms with Crippen LogP contribution in [0.25, 0.3) is 16.8 Å². The number of hydrogen-bond acceptors (Lipinski definition) is 5. The standard InChI is InChI=1S/C29H28Cl2F2N2O4S/c1-28(2,26-19(30)7-6-8-20(26)31)27-34-25(29(3,4)37)14-35(27)23-10-9-16(11-22(23)33)17-12-21(32)18(15-36)24(13-17)40(5,38)39/h6-14,36-37H,15H2,1-5H3. The summed E-state index contributed by atoms with van der Waals surface area (Å²) in [4.78, 5) is 4.29. The van der Waals surface area contributed by atoms with Crippen LogP contribution in [0.15, 0.2) is 59.6 Å². The molecule has 0 spiro atoms. The number of benzene rings is 3. The van der Waals surface area contributed by atoms with Crippen molar-refractivity contribution in [3.8, 4) is 16.8 Å². The molecule has 0 saturated carbocycles. The number of hydrogen-bond donors (Lipinski definition) is 2. The maximum Gasteiger partial charge on any atom is 0.176 e. The van der Waals surface area contributed by atoms with E-state index in [1.807, 2.05) is 13.8 Å². The average molecular weight is 610 g/mol. The van der Waals surface area contributed by atoms with E-state index in [9.17, 15) is 23.0 Å². The molecule has 4 aromatic rings. The molecule has 1 aromatic heterocycles. The van der Waals surface area contributed by atoms with Crippen LogP contribution in [-0.2, 0) is 27.5 Å². The highest BCUT2D eigenvalue weighted by atomic mass is 35.5. The summed E-state index contributed by atoms with van der Waals surface area (Å²) in [7, 11) is -3.88. The minimum absolute atomic E-state index is 0.0776. The van der Waals surface area contributed by atoms with Crippen LogP contribution >= 0.6 is 23.2 Å². The van der Waals surface area contributed by atoms with Crippen LogP contribution < -0.4 is 0 Å². The Balaban J connectivity index is 1.92. The van der Waals surface area contributed by atoms with E-state index in [2.05, 4.69) is 4.98 Å². The first-order valence-corrected chi connectivity index (χ1v) is 14.8. The predicted molar refractivity (Wildman–Crippen MR) is 152 cm³/mol. The molecule has 0 unspecified atom stereocenters. The van der Waals surface area contributed by atoms with Gasteiger partial charge in [0.2, 0.25) is 0 Å². The zero-order valence-corrected chi connectivity index (χ0v) is 24.8. The predicted octanol–water partition coefficient (Wildman–Crippen LogP) is 6.57. The van der Waals surface area contributed by atoms with Crippen molar-refractivity contribution in [3.05, 3.63) is 99.1 Å². The van der Waals surface area contributed by atoms with Gasteiger partial charge in [-0.15, -0.1) is 0 Å². The van der Waals surface area contributed by atoms with Crippen LogP contribution in [0.2, 0.25) is 10.0 Å². The molecule has 0 amide bonds. The van der Waals surface area contributed by atoms with Crippen molar-refractivity contribution in [1.29, 1.82) is 0 Å². The Morgan fingerprint density at radius 3 is 2.08 bits per heavy atom. The van der Waals surface area contributed by atoms with Gasteiger partial charge in [0.25, 0.3) is 0 Å². The molecule has 6 nitrogen and oxygen atoms in total. The fraction of sp³-hybridized carbons (Fsp3) is 0.276. The Morgan fingerprint density at radius 2 is 1.55 bits per heavy atom. The molecule has 11 heteroatoms. The van der Waals surface area contributed by atoms with Gasteiger partial charge in [-0.05, 0) is 75.2 Å². The molecule has 0 aliphatic rings. The lowest BCUT2D eigenvalue weighted by Gasteiger charge is -2.28. The molecule has 212 valence electrons. The van der Waals surface area contributed by atoms with E-state index in [4.69, 9.17) is 23.2 Å². The molecule has 0 bridgehead atoms. The van der Waals surface area contributed by atoms with Crippen LogP contribution in [0.1, 0.15) is 50.3 Å². The lowest BCUT2D eigenvalue weighted by Crippen LogP contribution is -2.25. The highest BCUT2D eigenvalue weighted by molar-refractivity contribution is 7.90. The van der Waals surface area contributed by atoms with Crippen molar-refractivity contribution < 1.29 is 27.4 Å². The molecule has 0 radical (unpaired) electrons. The van der Waals surface area contributed by atoms with E-state index >= 15 is 4.39 Å². The largest absolute Gasteiger partial charge is 0.392 e. The first kappa shape index (κ1) is 30.1. The maximum absolute atomic E-state index is 15.8. The number of sulfone groups is 1. The third-order valence-corrected chi connectivity index (χ3v) is 8.53.